The Morgan fingerprint density at radius 3 is 2.30 bits per heavy atom. The van der Waals surface area contributed by atoms with E-state index in [2.05, 4.69) is 0 Å². The molecule has 0 saturated heterocycles. The molecular weight excluding hydrogens is 159 g/mol. The molecule has 0 bridgehead atoms. The van der Waals surface area contributed by atoms with Gasteiger partial charge in [0.15, 0.2) is 0 Å². The lowest BCUT2D eigenvalue weighted by molar-refractivity contribution is -0.175. The number of carboxylic acid groups (broad SMARTS) is 1. The van der Waals surface area contributed by atoms with Crippen molar-refractivity contribution in [2.75, 3.05) is 6.16 Å². The van der Waals surface area contributed by atoms with E-state index in [0.717, 1.165) is 0 Å². The Kier molecular flexibility index (Phi) is 4.11. The highest BCUT2D eigenvalue weighted by Crippen LogP contribution is 2.17. The van der Waals surface area contributed by atoms with Crippen molar-refractivity contribution in [2.45, 2.75) is 6.42 Å². The summed E-state index contributed by atoms with van der Waals surface area (Å²) in [5, 5.41) is 7.97. The highest BCUT2D eigenvalue weighted by molar-refractivity contribution is 7.43. The van der Waals surface area contributed by atoms with Gasteiger partial charge in [-0.2, -0.15) is 0 Å². The smallest absolute Gasteiger partial charge is 0.372 e. The maximum Gasteiger partial charge on any atom is 0.372 e. The van der Waals surface area contributed by atoms with Crippen molar-refractivity contribution in [2.24, 2.45) is 0 Å². The molecule has 2 N–H and O–H groups in total. The zero-order valence-electron chi connectivity index (χ0n) is 5.03. The van der Waals surface area contributed by atoms with Gasteiger partial charge in [-0.3, -0.25) is 9.69 Å². The van der Waals surface area contributed by atoms with Crippen LogP contribution in [0.2, 0.25) is 0 Å². The van der Waals surface area contributed by atoms with Crippen LogP contribution in [0.5, 0.6) is 0 Å². The van der Waals surface area contributed by atoms with Crippen LogP contribution in [-0.4, -0.2) is 27.9 Å². The molecule has 0 aromatic carbocycles. The highest BCUT2D eigenvalue weighted by atomic mass is 31.2. The third-order valence-corrected chi connectivity index (χ3v) is 1.48. The summed E-state index contributed by atoms with van der Waals surface area (Å²) < 4.78 is 0. The van der Waals surface area contributed by atoms with Gasteiger partial charge in [0.1, 0.15) is 0 Å². The van der Waals surface area contributed by atoms with Crippen LogP contribution in [0, 0.1) is 0 Å². The van der Waals surface area contributed by atoms with Crippen molar-refractivity contribution >= 4 is 20.1 Å². The largest absolute Gasteiger partial charge is 0.658 e. The molecule has 0 aromatic rings. The SMILES string of the molecule is O=C(O)C(=O)CC[PH+]([O-])O. The number of carboxylic acids is 1. The lowest BCUT2D eigenvalue weighted by Crippen LogP contribution is -2.14. The average molecular weight is 166 g/mol. The quantitative estimate of drug-likeness (QED) is 0.388. The minimum Gasteiger partial charge on any atom is -0.658 e. The second-order valence-electron chi connectivity index (χ2n) is 1.62. The van der Waals surface area contributed by atoms with Crippen LogP contribution >= 0.6 is 8.38 Å². The fourth-order valence-corrected chi connectivity index (χ4v) is 0.768. The number of Topliss-reactive ketones (excluding diaryl/α,β-unsaturated/α-hetero) is 1. The van der Waals surface area contributed by atoms with Crippen molar-refractivity contribution in [1.29, 1.82) is 0 Å². The molecule has 0 aliphatic rings. The first-order valence-corrected chi connectivity index (χ1v) is 4.08. The molecule has 0 rings (SSSR count). The molecular formula is C4H7O5P. The Bertz CT molecular complexity index is 143. The molecule has 0 fully saturated rings. The van der Waals surface area contributed by atoms with Crippen LogP contribution in [0.25, 0.3) is 0 Å². The molecule has 6 heteroatoms. The Hall–Kier alpha value is -0.510. The fourth-order valence-electron chi connectivity index (χ4n) is 0.327. The summed E-state index contributed by atoms with van der Waals surface area (Å²) in [5.41, 5.74) is 0. The zero-order valence-corrected chi connectivity index (χ0v) is 6.03. The average Bonchev–Trinajstić information content (AvgIpc) is 1.82. The molecule has 1 atom stereocenters. The molecule has 5 nitrogen and oxygen atoms in total. The zero-order chi connectivity index (χ0) is 8.15. The second-order valence-corrected chi connectivity index (χ2v) is 2.91. The molecule has 58 valence electrons. The van der Waals surface area contributed by atoms with Gasteiger partial charge in [-0.15, -0.1) is 0 Å². The van der Waals surface area contributed by atoms with Crippen LogP contribution in [0.4, 0.5) is 0 Å². The predicted octanol–water partition coefficient (Wildman–Crippen LogP) is -1.57. The lowest BCUT2D eigenvalue weighted by Gasteiger charge is -2.00. The molecule has 0 heterocycles. The van der Waals surface area contributed by atoms with E-state index in [0.29, 0.717) is 0 Å². The Morgan fingerprint density at radius 1 is 1.50 bits per heavy atom. The summed E-state index contributed by atoms with van der Waals surface area (Å²) in [7, 11) is -2.70. The number of ketones is 1. The topological polar surface area (TPSA) is 97.7 Å². The van der Waals surface area contributed by atoms with Gasteiger partial charge in [0.2, 0.25) is 5.78 Å². The molecule has 1 unspecified atom stereocenters. The highest BCUT2D eigenvalue weighted by Gasteiger charge is 2.12. The van der Waals surface area contributed by atoms with Gasteiger partial charge in [-0.25, -0.2) is 4.79 Å². The van der Waals surface area contributed by atoms with Crippen molar-refractivity contribution in [3.63, 3.8) is 0 Å². The Morgan fingerprint density at radius 2 is 2.00 bits per heavy atom. The minimum atomic E-state index is -2.70. The van der Waals surface area contributed by atoms with E-state index in [4.69, 9.17) is 10.00 Å². The standard InChI is InChI=1S/C4H7O5P/c5-3(4(6)7)1-2-10(8)9/h8,10H,1-2H2,(H,6,7). The van der Waals surface area contributed by atoms with Crippen LogP contribution in [0.3, 0.4) is 0 Å². The van der Waals surface area contributed by atoms with Crippen molar-refractivity contribution in [1.82, 2.24) is 0 Å². The normalized spacial score (nSPS) is 12.6. The van der Waals surface area contributed by atoms with E-state index in [-0.39, 0.29) is 12.6 Å². The summed E-state index contributed by atoms with van der Waals surface area (Å²) in [6.45, 7) is 0. The van der Waals surface area contributed by atoms with Gasteiger partial charge < -0.3 is 10.00 Å². The van der Waals surface area contributed by atoms with Crippen molar-refractivity contribution in [3.05, 3.63) is 0 Å². The van der Waals surface area contributed by atoms with E-state index in [1.807, 2.05) is 0 Å². The second kappa shape index (κ2) is 4.33. The number of hydrogen-bond donors (Lipinski definition) is 2. The van der Waals surface area contributed by atoms with Crippen molar-refractivity contribution in [3.8, 4) is 0 Å². The first kappa shape index (κ1) is 9.49. The summed E-state index contributed by atoms with van der Waals surface area (Å²) in [4.78, 5) is 38.2. The van der Waals surface area contributed by atoms with Gasteiger partial charge in [-0.1, -0.05) is 0 Å². The molecule has 0 aliphatic heterocycles. The van der Waals surface area contributed by atoms with Crippen LogP contribution in [0.1, 0.15) is 6.42 Å². The van der Waals surface area contributed by atoms with Gasteiger partial charge in [0, 0.05) is 0 Å². The molecule has 10 heavy (non-hydrogen) atoms. The van der Waals surface area contributed by atoms with E-state index >= 15 is 0 Å². The molecule has 0 spiro atoms. The number of aliphatic carboxylic acids is 1. The Labute approximate surface area is 58.2 Å². The monoisotopic (exact) mass is 166 g/mol. The van der Waals surface area contributed by atoms with E-state index < -0.39 is 20.1 Å². The molecule has 0 saturated carbocycles. The first-order chi connectivity index (χ1) is 4.54. The maximum atomic E-state index is 10.2. The van der Waals surface area contributed by atoms with Crippen LogP contribution in [0.15, 0.2) is 0 Å². The van der Waals surface area contributed by atoms with E-state index in [1.54, 1.807) is 0 Å². The maximum absolute atomic E-state index is 10.2. The third kappa shape index (κ3) is 4.38. The first-order valence-electron chi connectivity index (χ1n) is 2.52. The summed E-state index contributed by atoms with van der Waals surface area (Å²) in [6, 6.07) is 0. The molecule has 0 aliphatic carbocycles. The summed E-state index contributed by atoms with van der Waals surface area (Å²) >= 11 is 0. The number of rotatable bonds is 4. The minimum absolute atomic E-state index is 0.240. The fraction of sp³-hybridized carbons (Fsp3) is 0.500. The third-order valence-electron chi connectivity index (χ3n) is 0.804. The van der Waals surface area contributed by atoms with E-state index in [1.165, 1.54) is 0 Å². The Balaban J connectivity index is 3.50. The van der Waals surface area contributed by atoms with Crippen LogP contribution < -0.4 is 4.89 Å². The predicted molar refractivity (Wildman–Crippen MR) is 32.7 cm³/mol. The summed E-state index contributed by atoms with van der Waals surface area (Å²) in [6.07, 6.45) is -0.598. The number of hydrogen-bond acceptors (Lipinski definition) is 4. The van der Waals surface area contributed by atoms with Crippen molar-refractivity contribution < 1.29 is 24.5 Å². The number of carbonyl (C=O) groups is 2. The summed E-state index contributed by atoms with van der Waals surface area (Å²) in [5.74, 6) is -2.57. The number of carbonyl (C=O) groups excluding carboxylic acids is 1. The van der Waals surface area contributed by atoms with Gasteiger partial charge in [0.05, 0.1) is 21.0 Å². The van der Waals surface area contributed by atoms with Gasteiger partial charge >= 0.3 is 5.97 Å². The molecule has 0 amide bonds. The molecule has 0 radical (unpaired) electrons. The lowest BCUT2D eigenvalue weighted by atomic mass is 10.3. The van der Waals surface area contributed by atoms with Gasteiger partial charge in [-0.05, 0) is 0 Å². The van der Waals surface area contributed by atoms with E-state index in [9.17, 15) is 14.5 Å². The molecule has 0 aromatic heterocycles. The van der Waals surface area contributed by atoms with Crippen LogP contribution in [-0.2, 0) is 9.59 Å². The van der Waals surface area contributed by atoms with Gasteiger partial charge in [0.25, 0.3) is 0 Å².